The summed E-state index contributed by atoms with van der Waals surface area (Å²) in [7, 11) is 0. The number of carbonyl (C=O) groups is 1. The lowest BCUT2D eigenvalue weighted by Crippen LogP contribution is -2.41. The molecule has 2 aromatic heterocycles. The van der Waals surface area contributed by atoms with E-state index in [4.69, 9.17) is 11.6 Å². The monoisotopic (exact) mass is 425 g/mol. The highest BCUT2D eigenvalue weighted by molar-refractivity contribution is 7.17. The largest absolute Gasteiger partial charge is 0.350 e. The van der Waals surface area contributed by atoms with E-state index in [1.165, 1.54) is 15.9 Å². The lowest BCUT2D eigenvalue weighted by Gasteiger charge is -2.12. The zero-order chi connectivity index (χ0) is 20.4. The molecule has 4 rings (SSSR count). The van der Waals surface area contributed by atoms with Crippen molar-refractivity contribution < 1.29 is 4.79 Å². The fourth-order valence-electron chi connectivity index (χ4n) is 3.05. The molecule has 0 spiro atoms. The average Bonchev–Trinajstić information content (AvgIpc) is 3.22. The van der Waals surface area contributed by atoms with E-state index in [1.54, 1.807) is 53.9 Å². The molecule has 0 aliphatic rings. The molecule has 0 bridgehead atoms. The fraction of sp³-hybridized carbons (Fsp3) is 0.0952. The molecular weight excluding hydrogens is 410 g/mol. The minimum absolute atomic E-state index is 0.188. The standard InChI is InChI=1S/C21H16ClN3O3S/c22-15-8-6-14(7-9-15)12-23-18(26)13-24-17-10-11-29-19(17)20(27)25(21(24)28)16-4-2-1-3-5-16/h1-11H,12-13H2,(H,23,26). The van der Waals surface area contributed by atoms with Crippen molar-refractivity contribution >= 4 is 39.1 Å². The first-order valence-corrected chi connectivity index (χ1v) is 10.1. The Morgan fingerprint density at radius 2 is 1.72 bits per heavy atom. The van der Waals surface area contributed by atoms with Gasteiger partial charge in [0.2, 0.25) is 5.91 Å². The van der Waals surface area contributed by atoms with Crippen molar-refractivity contribution in [1.82, 2.24) is 14.5 Å². The van der Waals surface area contributed by atoms with Gasteiger partial charge in [0.05, 0.1) is 11.2 Å². The Hall–Kier alpha value is -3.16. The number of hydrogen-bond donors (Lipinski definition) is 1. The number of para-hydroxylation sites is 1. The van der Waals surface area contributed by atoms with Crippen LogP contribution in [-0.2, 0) is 17.9 Å². The molecule has 0 radical (unpaired) electrons. The zero-order valence-electron chi connectivity index (χ0n) is 15.2. The summed E-state index contributed by atoms with van der Waals surface area (Å²) in [5.41, 5.74) is 0.884. The minimum Gasteiger partial charge on any atom is -0.350 e. The Morgan fingerprint density at radius 3 is 2.45 bits per heavy atom. The molecule has 0 atom stereocenters. The Bertz CT molecular complexity index is 1290. The molecule has 2 heterocycles. The van der Waals surface area contributed by atoms with E-state index < -0.39 is 5.69 Å². The SMILES string of the molecule is O=C(Cn1c(=O)n(-c2ccccc2)c(=O)c2sccc21)NCc1ccc(Cl)cc1. The van der Waals surface area contributed by atoms with Gasteiger partial charge < -0.3 is 5.32 Å². The van der Waals surface area contributed by atoms with Crippen LogP contribution >= 0.6 is 22.9 Å². The van der Waals surface area contributed by atoms with E-state index in [1.807, 2.05) is 12.1 Å². The third-order valence-electron chi connectivity index (χ3n) is 4.47. The smallest absolute Gasteiger partial charge is 0.336 e. The molecule has 1 amide bonds. The molecule has 4 aromatic rings. The van der Waals surface area contributed by atoms with Crippen molar-refractivity contribution in [2.75, 3.05) is 0 Å². The van der Waals surface area contributed by atoms with Gasteiger partial charge in [-0.25, -0.2) is 9.36 Å². The average molecular weight is 426 g/mol. The van der Waals surface area contributed by atoms with Crippen LogP contribution in [0.25, 0.3) is 15.9 Å². The highest BCUT2D eigenvalue weighted by Crippen LogP contribution is 2.16. The number of fused-ring (bicyclic) bond motifs is 1. The first-order chi connectivity index (χ1) is 14.0. The number of nitrogens with zero attached hydrogens (tertiary/aromatic N) is 2. The molecular formula is C21H16ClN3O3S. The van der Waals surface area contributed by atoms with Crippen LogP contribution < -0.4 is 16.6 Å². The van der Waals surface area contributed by atoms with Crippen LogP contribution in [0, 0.1) is 0 Å². The van der Waals surface area contributed by atoms with Crippen molar-refractivity contribution in [3.63, 3.8) is 0 Å². The van der Waals surface area contributed by atoms with Gasteiger partial charge in [-0.15, -0.1) is 11.3 Å². The van der Waals surface area contributed by atoms with Crippen molar-refractivity contribution in [1.29, 1.82) is 0 Å². The maximum atomic E-state index is 13.1. The Labute approximate surface area is 174 Å². The van der Waals surface area contributed by atoms with Crippen molar-refractivity contribution in [3.05, 3.63) is 97.5 Å². The Balaban J connectivity index is 1.67. The van der Waals surface area contributed by atoms with Gasteiger partial charge in [-0.1, -0.05) is 41.9 Å². The summed E-state index contributed by atoms with van der Waals surface area (Å²) in [6, 6.07) is 17.5. The normalized spacial score (nSPS) is 10.9. The van der Waals surface area contributed by atoms with Crippen molar-refractivity contribution in [2.24, 2.45) is 0 Å². The Morgan fingerprint density at radius 1 is 1.00 bits per heavy atom. The van der Waals surface area contributed by atoms with Gasteiger partial charge >= 0.3 is 5.69 Å². The topological polar surface area (TPSA) is 73.1 Å². The van der Waals surface area contributed by atoms with E-state index in [9.17, 15) is 14.4 Å². The van der Waals surface area contributed by atoms with Gasteiger partial charge in [-0.2, -0.15) is 0 Å². The second kappa shape index (κ2) is 8.06. The van der Waals surface area contributed by atoms with E-state index >= 15 is 0 Å². The lowest BCUT2D eigenvalue weighted by molar-refractivity contribution is -0.121. The molecule has 0 saturated carbocycles. The van der Waals surface area contributed by atoms with Crippen molar-refractivity contribution in [3.8, 4) is 5.69 Å². The van der Waals surface area contributed by atoms with Crippen LogP contribution in [0.3, 0.4) is 0 Å². The summed E-state index contributed by atoms with van der Waals surface area (Å²) in [5.74, 6) is -0.326. The molecule has 0 saturated heterocycles. The summed E-state index contributed by atoms with van der Waals surface area (Å²) in [6.45, 7) is 0.128. The zero-order valence-corrected chi connectivity index (χ0v) is 16.7. The first kappa shape index (κ1) is 19.2. The summed E-state index contributed by atoms with van der Waals surface area (Å²) < 4.78 is 2.86. The predicted octanol–water partition coefficient (Wildman–Crippen LogP) is 3.18. The molecule has 8 heteroatoms. The van der Waals surface area contributed by atoms with Gasteiger partial charge in [-0.05, 0) is 41.3 Å². The summed E-state index contributed by atoms with van der Waals surface area (Å²) in [4.78, 5) is 38.4. The highest BCUT2D eigenvalue weighted by atomic mass is 35.5. The molecule has 0 unspecified atom stereocenters. The van der Waals surface area contributed by atoms with E-state index in [2.05, 4.69) is 5.32 Å². The van der Waals surface area contributed by atoms with E-state index in [-0.39, 0.29) is 18.0 Å². The van der Waals surface area contributed by atoms with Crippen LogP contribution in [0.2, 0.25) is 5.02 Å². The quantitative estimate of drug-likeness (QED) is 0.533. The maximum absolute atomic E-state index is 13.1. The summed E-state index contributed by atoms with van der Waals surface area (Å²) >= 11 is 7.12. The van der Waals surface area contributed by atoms with Gasteiger partial charge in [0.25, 0.3) is 5.56 Å². The number of aromatic nitrogens is 2. The van der Waals surface area contributed by atoms with Crippen LogP contribution in [0.5, 0.6) is 0 Å². The molecule has 1 N–H and O–H groups in total. The molecule has 0 aliphatic heterocycles. The molecule has 29 heavy (non-hydrogen) atoms. The fourth-order valence-corrected chi connectivity index (χ4v) is 4.00. The maximum Gasteiger partial charge on any atom is 0.336 e. The molecule has 2 aromatic carbocycles. The van der Waals surface area contributed by atoms with Crippen LogP contribution in [0.4, 0.5) is 0 Å². The number of halogens is 1. The lowest BCUT2D eigenvalue weighted by atomic mass is 10.2. The third kappa shape index (κ3) is 3.87. The van der Waals surface area contributed by atoms with Crippen LogP contribution in [0.15, 0.2) is 75.6 Å². The van der Waals surface area contributed by atoms with E-state index in [0.717, 1.165) is 10.1 Å². The van der Waals surface area contributed by atoms with Gasteiger partial charge in [0.15, 0.2) is 0 Å². The summed E-state index contributed by atoms with van der Waals surface area (Å²) in [6.07, 6.45) is 0. The number of rotatable bonds is 5. The first-order valence-electron chi connectivity index (χ1n) is 8.84. The minimum atomic E-state index is -0.547. The second-order valence-corrected chi connectivity index (χ2v) is 7.74. The van der Waals surface area contributed by atoms with Crippen LogP contribution in [-0.4, -0.2) is 15.0 Å². The molecule has 146 valence electrons. The number of amides is 1. The number of hydrogen-bond acceptors (Lipinski definition) is 4. The van der Waals surface area contributed by atoms with E-state index in [0.29, 0.717) is 27.5 Å². The van der Waals surface area contributed by atoms with Gasteiger partial charge in [0, 0.05) is 11.6 Å². The highest BCUT2D eigenvalue weighted by Gasteiger charge is 2.17. The molecule has 0 fully saturated rings. The number of nitrogens with one attached hydrogen (secondary N) is 1. The van der Waals surface area contributed by atoms with Gasteiger partial charge in [-0.3, -0.25) is 14.2 Å². The molecule has 6 nitrogen and oxygen atoms in total. The summed E-state index contributed by atoms with van der Waals surface area (Å²) in [5, 5.41) is 5.16. The number of benzene rings is 2. The predicted molar refractivity (Wildman–Crippen MR) is 115 cm³/mol. The van der Waals surface area contributed by atoms with Gasteiger partial charge in [0.1, 0.15) is 11.2 Å². The molecule has 0 aliphatic carbocycles. The second-order valence-electron chi connectivity index (χ2n) is 6.38. The number of carbonyl (C=O) groups excluding carboxylic acids is 1. The van der Waals surface area contributed by atoms with Crippen LogP contribution in [0.1, 0.15) is 5.56 Å². The third-order valence-corrected chi connectivity index (χ3v) is 5.62. The van der Waals surface area contributed by atoms with Crippen molar-refractivity contribution in [2.45, 2.75) is 13.1 Å². The Kier molecular flexibility index (Phi) is 5.33. The number of thiophene rings is 1.